The summed E-state index contributed by atoms with van der Waals surface area (Å²) in [6.07, 6.45) is 3.83. The third kappa shape index (κ3) is 5.01. The van der Waals surface area contributed by atoms with Gasteiger partial charge in [-0.25, -0.2) is 0 Å². The molecule has 0 amide bonds. The van der Waals surface area contributed by atoms with Gasteiger partial charge >= 0.3 is 0 Å². The monoisotopic (exact) mass is 360 g/mol. The maximum absolute atomic E-state index is 12.3. The van der Waals surface area contributed by atoms with Gasteiger partial charge < -0.3 is 9.84 Å². The van der Waals surface area contributed by atoms with Crippen LogP contribution in [0, 0.1) is 5.41 Å². The minimum Gasteiger partial charge on any atom is -0.497 e. The van der Waals surface area contributed by atoms with E-state index in [4.69, 9.17) is 9.84 Å². The number of hydrogen-bond acceptors (Lipinski definition) is 5. The predicted octanol–water partition coefficient (Wildman–Crippen LogP) is 3.06. The first-order chi connectivity index (χ1) is 12.5. The van der Waals surface area contributed by atoms with Crippen LogP contribution in [0.5, 0.6) is 5.75 Å². The van der Waals surface area contributed by atoms with Crippen molar-refractivity contribution in [3.05, 3.63) is 29.8 Å². The Hall–Kier alpha value is -2.01. The Morgan fingerprint density at radius 1 is 1.12 bits per heavy atom. The maximum atomic E-state index is 12.3. The first-order valence-corrected chi connectivity index (χ1v) is 9.34. The fourth-order valence-corrected chi connectivity index (χ4v) is 3.72. The third-order valence-electron chi connectivity index (χ3n) is 5.29. The van der Waals surface area contributed by atoms with Gasteiger partial charge in [-0.2, -0.15) is 0 Å². The number of carbonyl (C=O) groups excluding carboxylic acids is 3. The van der Waals surface area contributed by atoms with E-state index in [0.29, 0.717) is 25.7 Å². The average molecular weight is 360 g/mol. The topological polar surface area (TPSA) is 80.7 Å². The minimum atomic E-state index is -1.02. The van der Waals surface area contributed by atoms with Crippen LogP contribution < -0.4 is 4.74 Å². The van der Waals surface area contributed by atoms with Crippen molar-refractivity contribution in [1.82, 2.24) is 0 Å². The lowest BCUT2D eigenvalue weighted by Crippen LogP contribution is -2.34. The molecule has 1 saturated carbocycles. The second-order valence-electron chi connectivity index (χ2n) is 7.00. The summed E-state index contributed by atoms with van der Waals surface area (Å²) < 4.78 is 5.19. The molecule has 0 radical (unpaired) electrons. The van der Waals surface area contributed by atoms with Crippen molar-refractivity contribution in [2.75, 3.05) is 13.7 Å². The number of Topliss-reactive ketones (excluding diaryl/α,β-unsaturated/α-hetero) is 3. The highest BCUT2D eigenvalue weighted by molar-refractivity contribution is 6.13. The molecule has 0 saturated heterocycles. The highest BCUT2D eigenvalue weighted by atomic mass is 16.5. The average Bonchev–Trinajstić information content (AvgIpc) is 2.93. The molecule has 1 aromatic carbocycles. The van der Waals surface area contributed by atoms with Crippen LogP contribution in [0.4, 0.5) is 0 Å². The maximum Gasteiger partial charge on any atom is 0.146 e. The highest BCUT2D eigenvalue weighted by Gasteiger charge is 2.48. The van der Waals surface area contributed by atoms with Crippen molar-refractivity contribution in [2.45, 2.75) is 57.8 Å². The highest BCUT2D eigenvalue weighted by Crippen LogP contribution is 2.40. The van der Waals surface area contributed by atoms with Crippen LogP contribution in [0.15, 0.2) is 24.3 Å². The standard InChI is InChI=1S/C21H28O5/c1-26-18-8-3-6-16(15-18)5-2-7-17(23)11-13-21(12-4-14-22)19(24)9-10-20(21)25/h3,6,8,15,22H,2,4-5,7,9-14H2,1H3. The largest absolute Gasteiger partial charge is 0.497 e. The van der Waals surface area contributed by atoms with Crippen molar-refractivity contribution in [1.29, 1.82) is 0 Å². The molecule has 1 aliphatic carbocycles. The van der Waals surface area contributed by atoms with E-state index in [1.165, 1.54) is 0 Å². The number of rotatable bonds is 11. The van der Waals surface area contributed by atoms with Crippen LogP contribution >= 0.6 is 0 Å². The van der Waals surface area contributed by atoms with Gasteiger partial charge in [0.1, 0.15) is 23.1 Å². The first kappa shape index (κ1) is 20.3. The van der Waals surface area contributed by atoms with Gasteiger partial charge in [0.15, 0.2) is 0 Å². The number of methoxy groups -OCH3 is 1. The molecule has 0 unspecified atom stereocenters. The Morgan fingerprint density at radius 3 is 2.50 bits per heavy atom. The molecule has 5 nitrogen and oxygen atoms in total. The van der Waals surface area contributed by atoms with E-state index in [0.717, 1.165) is 24.2 Å². The minimum absolute atomic E-state index is 0.0448. The van der Waals surface area contributed by atoms with Gasteiger partial charge in [0.05, 0.1) is 12.5 Å². The zero-order chi connectivity index (χ0) is 19.0. The summed E-state index contributed by atoms with van der Waals surface area (Å²) in [5, 5.41) is 9.05. The van der Waals surface area contributed by atoms with Crippen molar-refractivity contribution in [3.63, 3.8) is 0 Å². The summed E-state index contributed by atoms with van der Waals surface area (Å²) in [7, 11) is 1.63. The Balaban J connectivity index is 1.82. The molecule has 142 valence electrons. The van der Waals surface area contributed by atoms with E-state index in [1.54, 1.807) is 7.11 Å². The molecule has 0 heterocycles. The quantitative estimate of drug-likeness (QED) is 0.614. The molecular formula is C21H28O5. The van der Waals surface area contributed by atoms with Crippen LogP contribution in [-0.2, 0) is 20.8 Å². The molecule has 0 spiro atoms. The van der Waals surface area contributed by atoms with E-state index in [2.05, 4.69) is 0 Å². The van der Waals surface area contributed by atoms with E-state index in [-0.39, 0.29) is 43.2 Å². The molecule has 5 heteroatoms. The summed E-state index contributed by atoms with van der Waals surface area (Å²) in [6.45, 7) is -0.0448. The number of hydrogen-bond donors (Lipinski definition) is 1. The SMILES string of the molecule is COc1cccc(CCCC(=O)CCC2(CCCO)C(=O)CCC2=O)c1. The summed E-state index contributed by atoms with van der Waals surface area (Å²) in [5.41, 5.74) is 0.100. The van der Waals surface area contributed by atoms with Crippen molar-refractivity contribution < 1.29 is 24.2 Å². The Labute approximate surface area is 154 Å². The van der Waals surface area contributed by atoms with Crippen LogP contribution in [0.3, 0.4) is 0 Å². The predicted molar refractivity (Wildman–Crippen MR) is 98.2 cm³/mol. The Morgan fingerprint density at radius 2 is 1.85 bits per heavy atom. The van der Waals surface area contributed by atoms with Crippen molar-refractivity contribution in [2.24, 2.45) is 5.41 Å². The molecule has 2 rings (SSSR count). The molecule has 0 aliphatic heterocycles. The van der Waals surface area contributed by atoms with Gasteiger partial charge in [-0.05, 0) is 49.8 Å². The molecule has 1 aromatic rings. The zero-order valence-corrected chi connectivity index (χ0v) is 15.5. The van der Waals surface area contributed by atoms with Gasteiger partial charge in [0.25, 0.3) is 0 Å². The molecule has 26 heavy (non-hydrogen) atoms. The number of carbonyl (C=O) groups is 3. The normalized spacial score (nSPS) is 16.1. The second kappa shape index (κ2) is 9.62. The second-order valence-corrected chi connectivity index (χ2v) is 7.00. The number of ether oxygens (including phenoxy) is 1. The fourth-order valence-electron chi connectivity index (χ4n) is 3.72. The molecule has 1 aliphatic rings. The van der Waals surface area contributed by atoms with Crippen LogP contribution in [0.25, 0.3) is 0 Å². The lowest BCUT2D eigenvalue weighted by atomic mass is 9.75. The summed E-state index contributed by atoms with van der Waals surface area (Å²) >= 11 is 0. The van der Waals surface area contributed by atoms with Gasteiger partial charge in [0, 0.05) is 32.3 Å². The Kier molecular flexibility index (Phi) is 7.51. The van der Waals surface area contributed by atoms with E-state index >= 15 is 0 Å². The Bertz CT molecular complexity index is 634. The molecule has 1 fully saturated rings. The molecular weight excluding hydrogens is 332 g/mol. The summed E-state index contributed by atoms with van der Waals surface area (Å²) in [6, 6.07) is 7.78. The van der Waals surface area contributed by atoms with Crippen LogP contribution in [0.1, 0.15) is 56.9 Å². The number of ketones is 3. The van der Waals surface area contributed by atoms with Crippen molar-refractivity contribution in [3.8, 4) is 5.75 Å². The smallest absolute Gasteiger partial charge is 0.146 e. The van der Waals surface area contributed by atoms with Crippen LogP contribution in [-0.4, -0.2) is 36.2 Å². The molecule has 0 bridgehead atoms. The lowest BCUT2D eigenvalue weighted by Gasteiger charge is -2.25. The zero-order valence-electron chi connectivity index (χ0n) is 15.5. The third-order valence-corrected chi connectivity index (χ3v) is 5.29. The van der Waals surface area contributed by atoms with Gasteiger partial charge in [-0.15, -0.1) is 0 Å². The number of benzene rings is 1. The molecule has 1 N–H and O–H groups in total. The number of aliphatic hydroxyl groups excluding tert-OH is 1. The number of aryl methyl sites for hydroxylation is 1. The van der Waals surface area contributed by atoms with E-state index in [1.807, 2.05) is 24.3 Å². The van der Waals surface area contributed by atoms with Gasteiger partial charge in [-0.3, -0.25) is 14.4 Å². The molecule has 0 aromatic heterocycles. The lowest BCUT2D eigenvalue weighted by molar-refractivity contribution is -0.136. The summed E-state index contributed by atoms with van der Waals surface area (Å²) in [5.74, 6) is 0.780. The van der Waals surface area contributed by atoms with Crippen molar-refractivity contribution >= 4 is 17.3 Å². The van der Waals surface area contributed by atoms with Crippen LogP contribution in [0.2, 0.25) is 0 Å². The van der Waals surface area contributed by atoms with Gasteiger partial charge in [-0.1, -0.05) is 12.1 Å². The van der Waals surface area contributed by atoms with E-state index in [9.17, 15) is 14.4 Å². The molecule has 0 atom stereocenters. The fraction of sp³-hybridized carbons (Fsp3) is 0.571. The summed E-state index contributed by atoms with van der Waals surface area (Å²) in [4.78, 5) is 36.8. The number of aliphatic hydroxyl groups is 1. The van der Waals surface area contributed by atoms with Gasteiger partial charge in [0.2, 0.25) is 0 Å². The first-order valence-electron chi connectivity index (χ1n) is 9.34. The van der Waals surface area contributed by atoms with E-state index < -0.39 is 5.41 Å².